The van der Waals surface area contributed by atoms with E-state index in [9.17, 15) is 4.79 Å². The molecule has 5 rings (SSSR count). The van der Waals surface area contributed by atoms with E-state index in [1.807, 2.05) is 52.0 Å². The van der Waals surface area contributed by atoms with Gasteiger partial charge in [0.25, 0.3) is 5.56 Å². The van der Waals surface area contributed by atoms with Gasteiger partial charge in [-0.3, -0.25) is 4.79 Å². The number of aryl methyl sites for hydroxylation is 3. The molecule has 0 radical (unpaired) electrons. The normalized spacial score (nSPS) is 13.0. The number of benzene rings is 1. The van der Waals surface area contributed by atoms with Gasteiger partial charge in [-0.2, -0.15) is 4.52 Å². The monoisotopic (exact) mass is 422 g/mol. The van der Waals surface area contributed by atoms with E-state index in [0.717, 1.165) is 31.8 Å². The predicted molar refractivity (Wildman–Crippen MR) is 117 cm³/mol. The maximum absolute atomic E-state index is 12.6. The molecule has 4 aromatic heterocycles. The van der Waals surface area contributed by atoms with E-state index in [-0.39, 0.29) is 10.8 Å². The van der Waals surface area contributed by atoms with Crippen LogP contribution in [0.2, 0.25) is 0 Å². The SMILES string of the molecule is Cc1nc2c3ccccc3nc(SC(C)c3nc4sc(C)c(C)c4c(=O)[nH]3)n2n1. The molecule has 9 heteroatoms. The van der Waals surface area contributed by atoms with E-state index < -0.39 is 0 Å². The smallest absolute Gasteiger partial charge is 0.259 e. The standard InChI is InChI=1S/C20H18N6OS2/c1-9-10(2)28-19-15(9)18(27)23-16(24-19)11(3)29-20-22-14-8-6-5-7-13(14)17-21-12(4)25-26(17)20/h5-8,11H,1-4H3,(H,23,24,27). The Hall–Kier alpha value is -2.78. The molecule has 1 unspecified atom stereocenters. The highest BCUT2D eigenvalue weighted by molar-refractivity contribution is 7.99. The van der Waals surface area contributed by atoms with Crippen molar-refractivity contribution in [2.75, 3.05) is 0 Å². The summed E-state index contributed by atoms with van der Waals surface area (Å²) in [5.41, 5.74) is 2.56. The lowest BCUT2D eigenvalue weighted by molar-refractivity contribution is 0.790. The second kappa shape index (κ2) is 6.64. The lowest BCUT2D eigenvalue weighted by Crippen LogP contribution is -2.13. The van der Waals surface area contributed by atoms with Gasteiger partial charge in [-0.15, -0.1) is 16.4 Å². The first-order chi connectivity index (χ1) is 13.9. The fourth-order valence-electron chi connectivity index (χ4n) is 3.39. The highest BCUT2D eigenvalue weighted by Crippen LogP contribution is 2.35. The van der Waals surface area contributed by atoms with Crippen LogP contribution in [0.4, 0.5) is 0 Å². The quantitative estimate of drug-likeness (QED) is 0.343. The molecular weight excluding hydrogens is 404 g/mol. The summed E-state index contributed by atoms with van der Waals surface area (Å²) in [5.74, 6) is 1.32. The molecule has 5 aromatic rings. The molecule has 0 aliphatic carbocycles. The lowest BCUT2D eigenvalue weighted by atomic mass is 10.2. The van der Waals surface area contributed by atoms with Gasteiger partial charge in [-0.05, 0) is 45.4 Å². The zero-order valence-corrected chi connectivity index (χ0v) is 18.0. The Morgan fingerprint density at radius 3 is 2.76 bits per heavy atom. The topological polar surface area (TPSA) is 88.8 Å². The van der Waals surface area contributed by atoms with Crippen molar-refractivity contribution in [3.8, 4) is 0 Å². The van der Waals surface area contributed by atoms with Gasteiger partial charge >= 0.3 is 0 Å². The minimum Gasteiger partial charge on any atom is -0.309 e. The number of fused-ring (bicyclic) bond motifs is 4. The van der Waals surface area contributed by atoms with Gasteiger partial charge in [-0.1, -0.05) is 23.9 Å². The Kier molecular flexibility index (Phi) is 4.18. The number of para-hydroxylation sites is 1. The number of thiophene rings is 1. The first kappa shape index (κ1) is 18.3. The average Bonchev–Trinajstić information content (AvgIpc) is 3.22. The Morgan fingerprint density at radius 2 is 1.93 bits per heavy atom. The van der Waals surface area contributed by atoms with Crippen molar-refractivity contribution in [3.05, 3.63) is 56.7 Å². The molecule has 0 aliphatic rings. The summed E-state index contributed by atoms with van der Waals surface area (Å²) in [7, 11) is 0. The summed E-state index contributed by atoms with van der Waals surface area (Å²) in [6.45, 7) is 7.86. The zero-order valence-electron chi connectivity index (χ0n) is 16.3. The van der Waals surface area contributed by atoms with E-state index in [1.54, 1.807) is 15.9 Å². The number of aromatic amines is 1. The van der Waals surface area contributed by atoms with Crippen molar-refractivity contribution in [3.63, 3.8) is 0 Å². The van der Waals surface area contributed by atoms with Gasteiger partial charge in [0.2, 0.25) is 0 Å². The van der Waals surface area contributed by atoms with Crippen LogP contribution < -0.4 is 5.56 Å². The van der Waals surface area contributed by atoms with Crippen LogP contribution in [0.5, 0.6) is 0 Å². The fraction of sp³-hybridized carbons (Fsp3) is 0.250. The molecule has 1 N–H and O–H groups in total. The summed E-state index contributed by atoms with van der Waals surface area (Å²) in [6.07, 6.45) is 0. The number of nitrogens with one attached hydrogen (secondary N) is 1. The van der Waals surface area contributed by atoms with E-state index in [2.05, 4.69) is 15.1 Å². The van der Waals surface area contributed by atoms with Crippen LogP contribution in [0.25, 0.3) is 26.8 Å². The molecule has 1 aromatic carbocycles. The molecule has 4 heterocycles. The maximum atomic E-state index is 12.6. The molecular formula is C20H18N6OS2. The summed E-state index contributed by atoms with van der Waals surface area (Å²) >= 11 is 3.06. The van der Waals surface area contributed by atoms with Gasteiger partial charge in [0.1, 0.15) is 16.5 Å². The van der Waals surface area contributed by atoms with Crippen molar-refractivity contribution in [1.82, 2.24) is 29.5 Å². The number of aromatic nitrogens is 6. The minimum absolute atomic E-state index is 0.0903. The second-order valence-corrected chi connectivity index (χ2v) is 9.49. The van der Waals surface area contributed by atoms with Crippen LogP contribution in [-0.4, -0.2) is 29.5 Å². The van der Waals surface area contributed by atoms with Crippen LogP contribution in [-0.2, 0) is 0 Å². The lowest BCUT2D eigenvalue weighted by Gasteiger charge is -2.11. The molecule has 0 amide bonds. The van der Waals surface area contributed by atoms with Gasteiger partial charge in [0.05, 0.1) is 16.2 Å². The Morgan fingerprint density at radius 1 is 1.14 bits per heavy atom. The highest BCUT2D eigenvalue weighted by atomic mass is 32.2. The van der Waals surface area contributed by atoms with E-state index >= 15 is 0 Å². The van der Waals surface area contributed by atoms with E-state index in [4.69, 9.17) is 9.97 Å². The third-order valence-electron chi connectivity index (χ3n) is 4.98. The van der Waals surface area contributed by atoms with Crippen molar-refractivity contribution in [2.24, 2.45) is 0 Å². The molecule has 0 bridgehead atoms. The number of hydrogen-bond donors (Lipinski definition) is 1. The van der Waals surface area contributed by atoms with E-state index in [0.29, 0.717) is 22.2 Å². The van der Waals surface area contributed by atoms with Crippen LogP contribution >= 0.6 is 23.1 Å². The molecule has 0 fully saturated rings. The number of hydrogen-bond acceptors (Lipinski definition) is 7. The van der Waals surface area contributed by atoms with Crippen molar-refractivity contribution < 1.29 is 0 Å². The zero-order chi connectivity index (χ0) is 20.3. The van der Waals surface area contributed by atoms with Crippen molar-refractivity contribution in [2.45, 2.75) is 38.1 Å². The number of rotatable bonds is 3. The third kappa shape index (κ3) is 2.92. The summed E-state index contributed by atoms with van der Waals surface area (Å²) in [5, 5.41) is 6.77. The van der Waals surface area contributed by atoms with Gasteiger partial charge in [-0.25, -0.2) is 15.0 Å². The first-order valence-corrected chi connectivity index (χ1v) is 10.9. The molecule has 0 saturated heterocycles. The number of nitrogens with zero attached hydrogens (tertiary/aromatic N) is 5. The van der Waals surface area contributed by atoms with Gasteiger partial charge in [0.15, 0.2) is 10.8 Å². The second-order valence-electron chi connectivity index (χ2n) is 6.98. The molecule has 0 spiro atoms. The number of thioether (sulfide) groups is 1. The molecule has 29 heavy (non-hydrogen) atoms. The van der Waals surface area contributed by atoms with Crippen LogP contribution in [0, 0.1) is 20.8 Å². The predicted octanol–water partition coefficient (Wildman–Crippen LogP) is 4.35. The number of H-pyrrole nitrogens is 1. The minimum atomic E-state index is -0.115. The largest absolute Gasteiger partial charge is 0.309 e. The summed E-state index contributed by atoms with van der Waals surface area (Å²) < 4.78 is 1.77. The van der Waals surface area contributed by atoms with Crippen LogP contribution in [0.15, 0.2) is 34.2 Å². The van der Waals surface area contributed by atoms with E-state index in [1.165, 1.54) is 11.8 Å². The summed E-state index contributed by atoms with van der Waals surface area (Å²) in [6, 6.07) is 7.90. The molecule has 0 aliphatic heterocycles. The molecule has 7 nitrogen and oxygen atoms in total. The molecule has 0 saturated carbocycles. The summed E-state index contributed by atoms with van der Waals surface area (Å²) in [4.78, 5) is 31.6. The van der Waals surface area contributed by atoms with Gasteiger partial charge < -0.3 is 4.98 Å². The Balaban J connectivity index is 1.62. The van der Waals surface area contributed by atoms with Crippen LogP contribution in [0.3, 0.4) is 0 Å². The average molecular weight is 423 g/mol. The highest BCUT2D eigenvalue weighted by Gasteiger charge is 2.19. The van der Waals surface area contributed by atoms with Crippen molar-refractivity contribution >= 4 is 49.9 Å². The Labute approximate surface area is 174 Å². The van der Waals surface area contributed by atoms with Crippen LogP contribution in [0.1, 0.15) is 34.3 Å². The molecule has 1 atom stereocenters. The van der Waals surface area contributed by atoms with Gasteiger partial charge in [0, 0.05) is 10.3 Å². The fourth-order valence-corrected chi connectivity index (χ4v) is 5.34. The maximum Gasteiger partial charge on any atom is 0.259 e. The first-order valence-electron chi connectivity index (χ1n) is 9.21. The van der Waals surface area contributed by atoms with Crippen molar-refractivity contribution in [1.29, 1.82) is 0 Å². The third-order valence-corrected chi connectivity index (χ3v) is 7.13. The molecule has 146 valence electrons. The Bertz CT molecular complexity index is 1470.